The maximum atomic E-state index is 12.0. The lowest BCUT2D eigenvalue weighted by molar-refractivity contribution is 0.341. The van der Waals surface area contributed by atoms with Gasteiger partial charge in [-0.15, -0.1) is 0 Å². The molecule has 21 heavy (non-hydrogen) atoms. The van der Waals surface area contributed by atoms with Crippen molar-refractivity contribution in [1.82, 2.24) is 4.98 Å². The summed E-state index contributed by atoms with van der Waals surface area (Å²) in [6.45, 7) is 1.85. The summed E-state index contributed by atoms with van der Waals surface area (Å²) in [5.74, 6) is 0.443. The lowest BCUT2D eigenvalue weighted by atomic mass is 10.3. The number of aryl methyl sites for hydroxylation is 1. The lowest BCUT2D eigenvalue weighted by Gasteiger charge is -2.11. The van der Waals surface area contributed by atoms with Gasteiger partial charge in [0.15, 0.2) is 0 Å². The van der Waals surface area contributed by atoms with E-state index in [1.807, 2.05) is 0 Å². The van der Waals surface area contributed by atoms with Gasteiger partial charge in [0.1, 0.15) is 18.1 Å². The number of ether oxygens (including phenoxy) is 1. The minimum Gasteiger partial charge on any atom is -0.492 e. The summed E-state index contributed by atoms with van der Waals surface area (Å²) < 4.78 is 31.8. The van der Waals surface area contributed by atoms with Crippen molar-refractivity contribution in [3.63, 3.8) is 0 Å². The number of sulfonamides is 1. The first-order valence-corrected chi connectivity index (χ1v) is 8.01. The monoisotopic (exact) mass is 307 g/mol. The molecule has 1 aromatic heterocycles. The van der Waals surface area contributed by atoms with Crippen molar-refractivity contribution in [1.29, 1.82) is 0 Å². The number of anilines is 2. The molecule has 0 radical (unpaired) electrons. The number of pyridine rings is 1. The number of hydrogen-bond acceptors (Lipinski definition) is 5. The third kappa shape index (κ3) is 4.64. The van der Waals surface area contributed by atoms with Crippen LogP contribution in [0.4, 0.5) is 11.4 Å². The number of nitrogens with one attached hydrogen (secondary N) is 1. The van der Waals surface area contributed by atoms with Crippen LogP contribution < -0.4 is 15.2 Å². The van der Waals surface area contributed by atoms with Crippen molar-refractivity contribution < 1.29 is 13.2 Å². The van der Waals surface area contributed by atoms with E-state index >= 15 is 0 Å². The number of nitrogens with two attached hydrogens (primary N) is 1. The van der Waals surface area contributed by atoms with Crippen LogP contribution >= 0.6 is 0 Å². The van der Waals surface area contributed by atoms with Gasteiger partial charge < -0.3 is 10.5 Å². The van der Waals surface area contributed by atoms with Gasteiger partial charge in [0.05, 0.1) is 5.69 Å². The Hall–Kier alpha value is -2.28. The van der Waals surface area contributed by atoms with Crippen LogP contribution in [-0.4, -0.2) is 25.8 Å². The van der Waals surface area contributed by atoms with E-state index in [0.717, 1.165) is 5.56 Å². The van der Waals surface area contributed by atoms with E-state index in [0.29, 0.717) is 17.1 Å². The number of nitrogens with zero attached hydrogens (tertiary/aromatic N) is 1. The fraction of sp³-hybridized carbons (Fsp3) is 0.214. The normalized spacial score (nSPS) is 11.1. The van der Waals surface area contributed by atoms with Crippen molar-refractivity contribution in [2.45, 2.75) is 6.92 Å². The highest BCUT2D eigenvalue weighted by atomic mass is 32.2. The van der Waals surface area contributed by atoms with Crippen LogP contribution in [0.2, 0.25) is 0 Å². The summed E-state index contributed by atoms with van der Waals surface area (Å²) in [6.07, 6.45) is 3.14. The van der Waals surface area contributed by atoms with Crippen LogP contribution in [0.5, 0.6) is 5.75 Å². The molecule has 0 bridgehead atoms. The third-order valence-electron chi connectivity index (χ3n) is 2.79. The van der Waals surface area contributed by atoms with Crippen LogP contribution in [0.3, 0.4) is 0 Å². The SMILES string of the molecule is Cc1cnccc1NS(=O)(=O)CCOc1ccc(N)cc1. The third-order valence-corrected chi connectivity index (χ3v) is 4.02. The van der Waals surface area contributed by atoms with E-state index < -0.39 is 10.0 Å². The number of aromatic nitrogens is 1. The minimum atomic E-state index is -3.46. The molecule has 2 aromatic rings. The number of hydrogen-bond donors (Lipinski definition) is 2. The van der Waals surface area contributed by atoms with E-state index in [-0.39, 0.29) is 12.4 Å². The fourth-order valence-corrected chi connectivity index (χ4v) is 2.61. The van der Waals surface area contributed by atoms with Gasteiger partial charge in [-0.1, -0.05) is 0 Å². The number of benzene rings is 1. The summed E-state index contributed by atoms with van der Waals surface area (Å²) in [5, 5.41) is 0. The van der Waals surface area contributed by atoms with Crippen molar-refractivity contribution in [3.8, 4) is 5.75 Å². The van der Waals surface area contributed by atoms with Crippen molar-refractivity contribution >= 4 is 21.4 Å². The number of nitrogen functional groups attached to an aromatic ring is 1. The van der Waals surface area contributed by atoms with E-state index in [4.69, 9.17) is 10.5 Å². The predicted octanol–water partition coefficient (Wildman–Crippen LogP) is 1.79. The molecule has 3 N–H and O–H groups in total. The molecule has 0 saturated heterocycles. The maximum Gasteiger partial charge on any atom is 0.236 e. The molecule has 0 atom stereocenters. The molecule has 1 heterocycles. The Balaban J connectivity index is 1.90. The smallest absolute Gasteiger partial charge is 0.236 e. The average molecular weight is 307 g/mol. The van der Waals surface area contributed by atoms with E-state index in [1.54, 1.807) is 43.5 Å². The molecule has 0 unspecified atom stereocenters. The van der Waals surface area contributed by atoms with Gasteiger partial charge in [0, 0.05) is 18.1 Å². The molecule has 0 aliphatic rings. The second-order valence-electron chi connectivity index (χ2n) is 4.53. The van der Waals surface area contributed by atoms with Crippen molar-refractivity contribution in [2.24, 2.45) is 0 Å². The molecule has 112 valence electrons. The van der Waals surface area contributed by atoms with Crippen LogP contribution in [-0.2, 0) is 10.0 Å². The first kappa shape index (κ1) is 15.1. The summed E-state index contributed by atoms with van der Waals surface area (Å²) in [6, 6.07) is 8.41. The Kier molecular flexibility index (Phi) is 4.64. The lowest BCUT2D eigenvalue weighted by Crippen LogP contribution is -2.21. The summed E-state index contributed by atoms with van der Waals surface area (Å²) in [7, 11) is -3.46. The van der Waals surface area contributed by atoms with Gasteiger partial charge in [-0.2, -0.15) is 0 Å². The summed E-state index contributed by atoms with van der Waals surface area (Å²) in [5.41, 5.74) is 7.48. The van der Waals surface area contributed by atoms with E-state index in [9.17, 15) is 8.42 Å². The Morgan fingerprint density at radius 1 is 1.24 bits per heavy atom. The molecule has 7 heteroatoms. The van der Waals surface area contributed by atoms with Gasteiger partial charge in [-0.25, -0.2) is 8.42 Å². The molecule has 0 aliphatic carbocycles. The molecule has 6 nitrogen and oxygen atoms in total. The Morgan fingerprint density at radius 3 is 2.62 bits per heavy atom. The highest BCUT2D eigenvalue weighted by Gasteiger charge is 2.12. The largest absolute Gasteiger partial charge is 0.492 e. The highest BCUT2D eigenvalue weighted by molar-refractivity contribution is 7.92. The summed E-state index contributed by atoms with van der Waals surface area (Å²) in [4.78, 5) is 3.91. The number of rotatable bonds is 6. The van der Waals surface area contributed by atoms with Crippen molar-refractivity contribution in [3.05, 3.63) is 48.3 Å². The second-order valence-corrected chi connectivity index (χ2v) is 6.37. The molecular weight excluding hydrogens is 290 g/mol. The van der Waals surface area contributed by atoms with Crippen molar-refractivity contribution in [2.75, 3.05) is 22.8 Å². The first-order valence-electron chi connectivity index (χ1n) is 6.36. The van der Waals surface area contributed by atoms with Gasteiger partial charge in [-0.05, 0) is 42.8 Å². The maximum absolute atomic E-state index is 12.0. The predicted molar refractivity (Wildman–Crippen MR) is 82.7 cm³/mol. The molecule has 1 aromatic carbocycles. The van der Waals surface area contributed by atoms with Crippen LogP contribution in [0.1, 0.15) is 5.56 Å². The quantitative estimate of drug-likeness (QED) is 0.793. The van der Waals surface area contributed by atoms with Gasteiger partial charge >= 0.3 is 0 Å². The van der Waals surface area contributed by atoms with Crippen LogP contribution in [0, 0.1) is 6.92 Å². The topological polar surface area (TPSA) is 94.3 Å². The second kappa shape index (κ2) is 6.45. The Morgan fingerprint density at radius 2 is 1.95 bits per heavy atom. The average Bonchev–Trinajstić information content (AvgIpc) is 2.43. The fourth-order valence-electron chi connectivity index (χ4n) is 1.64. The summed E-state index contributed by atoms with van der Waals surface area (Å²) >= 11 is 0. The molecule has 0 aliphatic heterocycles. The first-order chi connectivity index (χ1) is 9.96. The minimum absolute atomic E-state index is 0.0589. The molecule has 0 fully saturated rings. The van der Waals surface area contributed by atoms with E-state index in [2.05, 4.69) is 9.71 Å². The highest BCUT2D eigenvalue weighted by Crippen LogP contribution is 2.15. The molecule has 0 amide bonds. The van der Waals surface area contributed by atoms with Crippen LogP contribution in [0.25, 0.3) is 0 Å². The molecule has 2 rings (SSSR count). The van der Waals surface area contributed by atoms with Crippen LogP contribution in [0.15, 0.2) is 42.7 Å². The molecule has 0 saturated carbocycles. The zero-order valence-corrected chi connectivity index (χ0v) is 12.4. The zero-order chi connectivity index (χ0) is 15.3. The Bertz CT molecular complexity index is 700. The van der Waals surface area contributed by atoms with Gasteiger partial charge in [-0.3, -0.25) is 9.71 Å². The Labute approximate surface area is 124 Å². The van der Waals surface area contributed by atoms with E-state index in [1.165, 1.54) is 6.20 Å². The molecular formula is C14H17N3O3S. The van der Waals surface area contributed by atoms with Gasteiger partial charge in [0.2, 0.25) is 10.0 Å². The molecule has 0 spiro atoms. The standard InChI is InChI=1S/C14H17N3O3S/c1-11-10-16-7-6-14(11)17-21(18,19)9-8-20-13-4-2-12(15)3-5-13/h2-7,10H,8-9,15H2,1H3,(H,16,17). The van der Waals surface area contributed by atoms with Gasteiger partial charge in [0.25, 0.3) is 0 Å². The zero-order valence-electron chi connectivity index (χ0n) is 11.6.